The minimum atomic E-state index is 0.788. The second-order valence-electron chi connectivity index (χ2n) is 6.85. The highest BCUT2D eigenvalue weighted by Gasteiger charge is 2.19. The van der Waals surface area contributed by atoms with Crippen LogP contribution in [0, 0.1) is 0 Å². The normalized spacial score (nSPS) is 21.5. The first-order valence-electron chi connectivity index (χ1n) is 8.97. The van der Waals surface area contributed by atoms with Crippen molar-refractivity contribution in [1.29, 1.82) is 0 Å². The first-order chi connectivity index (χ1) is 10.8. The molecule has 1 saturated carbocycles. The molecule has 1 aliphatic heterocycles. The van der Waals surface area contributed by atoms with E-state index in [1.165, 1.54) is 37.8 Å². The van der Waals surface area contributed by atoms with Crippen molar-refractivity contribution >= 4 is 0 Å². The Morgan fingerprint density at radius 2 is 1.91 bits per heavy atom. The summed E-state index contributed by atoms with van der Waals surface area (Å²) in [5.41, 5.74) is 1.46. The van der Waals surface area contributed by atoms with E-state index in [1.54, 1.807) is 0 Å². The average Bonchev–Trinajstić information content (AvgIpc) is 3.02. The maximum Gasteiger partial charge on any atom is 0.0594 e. The molecule has 0 bridgehead atoms. The number of hydrogen-bond donors (Lipinski definition) is 0. The highest BCUT2D eigenvalue weighted by molar-refractivity contribution is 5.07. The van der Waals surface area contributed by atoms with Crippen LogP contribution in [0.5, 0.6) is 0 Å². The molecule has 1 aromatic heterocycles. The molecule has 0 radical (unpaired) electrons. The van der Waals surface area contributed by atoms with Crippen molar-refractivity contribution in [2.45, 2.75) is 51.2 Å². The SMILES string of the molecule is CN(Cc1cccn1CCN1CCOCC1)C1CCCCC1. The summed E-state index contributed by atoms with van der Waals surface area (Å²) in [7, 11) is 2.30. The molecule has 0 aromatic carbocycles. The summed E-state index contributed by atoms with van der Waals surface area (Å²) in [4.78, 5) is 5.08. The fourth-order valence-electron chi connectivity index (χ4n) is 3.79. The van der Waals surface area contributed by atoms with Gasteiger partial charge in [0.15, 0.2) is 0 Å². The van der Waals surface area contributed by atoms with E-state index in [-0.39, 0.29) is 0 Å². The highest BCUT2D eigenvalue weighted by atomic mass is 16.5. The minimum absolute atomic E-state index is 0.788. The van der Waals surface area contributed by atoms with E-state index in [2.05, 4.69) is 39.7 Å². The molecular weight excluding hydrogens is 274 g/mol. The van der Waals surface area contributed by atoms with Crippen LogP contribution in [0.25, 0.3) is 0 Å². The summed E-state index contributed by atoms with van der Waals surface area (Å²) in [6.07, 6.45) is 9.25. The molecule has 4 nitrogen and oxygen atoms in total. The summed E-state index contributed by atoms with van der Waals surface area (Å²) < 4.78 is 7.86. The van der Waals surface area contributed by atoms with Crippen molar-refractivity contribution in [2.75, 3.05) is 39.9 Å². The lowest BCUT2D eigenvalue weighted by atomic mass is 9.94. The molecule has 124 valence electrons. The summed E-state index contributed by atoms with van der Waals surface area (Å²) >= 11 is 0. The Hall–Kier alpha value is -0.840. The van der Waals surface area contributed by atoms with Gasteiger partial charge in [-0.3, -0.25) is 9.80 Å². The van der Waals surface area contributed by atoms with Gasteiger partial charge < -0.3 is 9.30 Å². The molecular formula is C18H31N3O. The second-order valence-corrected chi connectivity index (χ2v) is 6.85. The zero-order valence-electron chi connectivity index (χ0n) is 14.0. The molecule has 2 fully saturated rings. The fraction of sp³-hybridized carbons (Fsp3) is 0.778. The predicted octanol–water partition coefficient (Wildman–Crippen LogP) is 2.58. The number of nitrogens with zero attached hydrogens (tertiary/aromatic N) is 3. The monoisotopic (exact) mass is 305 g/mol. The summed E-state index contributed by atoms with van der Waals surface area (Å²) in [6.45, 7) is 7.27. The first kappa shape index (κ1) is 16.0. The Bertz CT molecular complexity index is 433. The van der Waals surface area contributed by atoms with E-state index in [0.717, 1.165) is 52.0 Å². The maximum absolute atomic E-state index is 5.43. The van der Waals surface area contributed by atoms with E-state index in [4.69, 9.17) is 4.74 Å². The highest BCUT2D eigenvalue weighted by Crippen LogP contribution is 2.23. The first-order valence-corrected chi connectivity index (χ1v) is 8.97. The van der Waals surface area contributed by atoms with Crippen molar-refractivity contribution in [3.63, 3.8) is 0 Å². The number of aromatic nitrogens is 1. The molecule has 22 heavy (non-hydrogen) atoms. The third kappa shape index (κ3) is 4.34. The number of ether oxygens (including phenoxy) is 1. The van der Waals surface area contributed by atoms with Gasteiger partial charge in [-0.05, 0) is 32.0 Å². The topological polar surface area (TPSA) is 20.6 Å². The van der Waals surface area contributed by atoms with Crippen LogP contribution in [0.4, 0.5) is 0 Å². The van der Waals surface area contributed by atoms with Gasteiger partial charge >= 0.3 is 0 Å². The zero-order valence-corrected chi connectivity index (χ0v) is 14.0. The zero-order chi connectivity index (χ0) is 15.2. The molecule has 0 amide bonds. The van der Waals surface area contributed by atoms with Gasteiger partial charge in [-0.15, -0.1) is 0 Å². The van der Waals surface area contributed by atoms with Gasteiger partial charge in [0.2, 0.25) is 0 Å². The Balaban J connectivity index is 1.50. The predicted molar refractivity (Wildman–Crippen MR) is 90.0 cm³/mol. The Kier molecular flexibility index (Phi) is 5.93. The van der Waals surface area contributed by atoms with Gasteiger partial charge in [0.1, 0.15) is 0 Å². The van der Waals surface area contributed by atoms with Gasteiger partial charge in [0, 0.05) is 50.7 Å². The molecule has 4 heteroatoms. The van der Waals surface area contributed by atoms with Crippen LogP contribution in [0.1, 0.15) is 37.8 Å². The van der Waals surface area contributed by atoms with Crippen molar-refractivity contribution in [3.8, 4) is 0 Å². The van der Waals surface area contributed by atoms with Gasteiger partial charge in [-0.2, -0.15) is 0 Å². The van der Waals surface area contributed by atoms with Crippen LogP contribution in [-0.4, -0.2) is 60.3 Å². The lowest BCUT2D eigenvalue weighted by Gasteiger charge is -2.31. The molecule has 2 aliphatic rings. The van der Waals surface area contributed by atoms with Gasteiger partial charge in [-0.25, -0.2) is 0 Å². The third-order valence-electron chi connectivity index (χ3n) is 5.29. The van der Waals surface area contributed by atoms with Gasteiger partial charge in [0.25, 0.3) is 0 Å². The molecule has 0 atom stereocenters. The molecule has 0 unspecified atom stereocenters. The molecule has 0 N–H and O–H groups in total. The number of morpholine rings is 1. The smallest absolute Gasteiger partial charge is 0.0594 e. The standard InChI is InChI=1S/C18H31N3O/c1-19(17-6-3-2-4-7-17)16-18-8-5-9-21(18)11-10-20-12-14-22-15-13-20/h5,8-9,17H,2-4,6-7,10-16H2,1H3. The van der Waals surface area contributed by atoms with Crippen LogP contribution in [0.3, 0.4) is 0 Å². The largest absolute Gasteiger partial charge is 0.379 e. The summed E-state index contributed by atoms with van der Waals surface area (Å²) in [6, 6.07) is 5.28. The quantitative estimate of drug-likeness (QED) is 0.806. The van der Waals surface area contributed by atoms with Crippen LogP contribution in [0.15, 0.2) is 18.3 Å². The summed E-state index contributed by atoms with van der Waals surface area (Å²) in [5.74, 6) is 0. The van der Waals surface area contributed by atoms with E-state index in [9.17, 15) is 0 Å². The maximum atomic E-state index is 5.43. The molecule has 1 aliphatic carbocycles. The number of hydrogen-bond acceptors (Lipinski definition) is 3. The van der Waals surface area contributed by atoms with Crippen LogP contribution in [0.2, 0.25) is 0 Å². The van der Waals surface area contributed by atoms with Gasteiger partial charge in [-0.1, -0.05) is 19.3 Å². The van der Waals surface area contributed by atoms with Crippen LogP contribution < -0.4 is 0 Å². The average molecular weight is 305 g/mol. The van der Waals surface area contributed by atoms with Crippen LogP contribution in [-0.2, 0) is 17.8 Å². The van der Waals surface area contributed by atoms with Crippen LogP contribution >= 0.6 is 0 Å². The molecule has 1 saturated heterocycles. The lowest BCUT2D eigenvalue weighted by molar-refractivity contribution is 0.0362. The van der Waals surface area contributed by atoms with E-state index < -0.39 is 0 Å². The van der Waals surface area contributed by atoms with Crippen molar-refractivity contribution in [1.82, 2.24) is 14.4 Å². The van der Waals surface area contributed by atoms with E-state index in [1.807, 2.05) is 0 Å². The van der Waals surface area contributed by atoms with E-state index >= 15 is 0 Å². The molecule has 1 aromatic rings. The second kappa shape index (κ2) is 8.14. The van der Waals surface area contributed by atoms with Crippen molar-refractivity contribution < 1.29 is 4.74 Å². The minimum Gasteiger partial charge on any atom is -0.379 e. The Morgan fingerprint density at radius 3 is 2.68 bits per heavy atom. The Labute approximate surface area is 135 Å². The molecule has 3 rings (SSSR count). The molecule has 2 heterocycles. The number of rotatable bonds is 6. The Morgan fingerprint density at radius 1 is 1.14 bits per heavy atom. The summed E-state index contributed by atoms with van der Waals surface area (Å²) in [5, 5.41) is 0. The van der Waals surface area contributed by atoms with Crippen molar-refractivity contribution in [2.24, 2.45) is 0 Å². The van der Waals surface area contributed by atoms with Crippen molar-refractivity contribution in [3.05, 3.63) is 24.0 Å². The van der Waals surface area contributed by atoms with Gasteiger partial charge in [0.05, 0.1) is 13.2 Å². The lowest BCUT2D eigenvalue weighted by Crippen LogP contribution is -2.38. The fourth-order valence-corrected chi connectivity index (χ4v) is 3.79. The third-order valence-corrected chi connectivity index (χ3v) is 5.29. The molecule has 0 spiro atoms. The van der Waals surface area contributed by atoms with E-state index in [0.29, 0.717) is 0 Å².